The highest BCUT2D eigenvalue weighted by atomic mass is 35.5. The number of benzene rings is 4. The Kier molecular flexibility index (Phi) is 7.13. The van der Waals surface area contributed by atoms with Crippen LogP contribution in [-0.4, -0.2) is 34.9 Å². The lowest BCUT2D eigenvalue weighted by molar-refractivity contribution is 1.06. The van der Waals surface area contributed by atoms with Crippen LogP contribution in [0.15, 0.2) is 134 Å². The summed E-state index contributed by atoms with van der Waals surface area (Å²) in [5.74, 6) is 2.57. The first-order chi connectivity index (χ1) is 21.2. The smallest absolute Gasteiger partial charge is 0.226 e. The lowest BCUT2D eigenvalue weighted by Gasteiger charge is -2.12. The second-order valence-corrected chi connectivity index (χ2v) is 10.0. The molecule has 7 nitrogen and oxygen atoms in total. The van der Waals surface area contributed by atoms with Crippen LogP contribution in [0.5, 0.6) is 0 Å². The van der Waals surface area contributed by atoms with Crippen LogP contribution < -0.4 is 0 Å². The van der Waals surface area contributed by atoms with Gasteiger partial charge in [-0.25, -0.2) is 19.9 Å². The van der Waals surface area contributed by atoms with Crippen LogP contribution in [0.25, 0.3) is 68.2 Å². The van der Waals surface area contributed by atoms with E-state index in [4.69, 9.17) is 31.5 Å². The van der Waals surface area contributed by atoms with Gasteiger partial charge in [-0.05, 0) is 41.9 Å². The lowest BCUT2D eigenvalue weighted by Crippen LogP contribution is -2.01. The Morgan fingerprint density at radius 3 is 1.16 bits per heavy atom. The van der Waals surface area contributed by atoms with Gasteiger partial charge in [-0.1, -0.05) is 97.1 Å². The van der Waals surface area contributed by atoms with Crippen LogP contribution in [0.3, 0.4) is 0 Å². The molecule has 0 amide bonds. The zero-order valence-corrected chi connectivity index (χ0v) is 23.5. The van der Waals surface area contributed by atoms with Crippen molar-refractivity contribution in [3.63, 3.8) is 0 Å². The standard InChI is InChI=1S/C35H22ClN7/c36-35-42-32(25-16-8-3-9-17-25)41-34(43-35)28-21-26(29-18-10-11-19-37-29)20-27(22-28)33-39-30(23-12-4-1-5-13-23)38-31(40-33)24-14-6-2-7-15-24/h1-22H. The summed E-state index contributed by atoms with van der Waals surface area (Å²) in [6, 6.07) is 41.2. The van der Waals surface area contributed by atoms with Crippen molar-refractivity contribution < 1.29 is 0 Å². The van der Waals surface area contributed by atoms with E-state index in [1.165, 1.54) is 0 Å². The van der Waals surface area contributed by atoms with Gasteiger partial charge in [-0.2, -0.15) is 9.97 Å². The number of hydrogen-bond acceptors (Lipinski definition) is 7. The fourth-order valence-electron chi connectivity index (χ4n) is 4.70. The molecule has 0 bridgehead atoms. The Labute approximate surface area is 253 Å². The SMILES string of the molecule is Clc1nc(-c2ccccc2)nc(-c2cc(-c3ccccn3)cc(-c3nc(-c4ccccc4)nc(-c4ccccc4)n3)c2)n1. The molecule has 4 aromatic carbocycles. The molecule has 0 aliphatic carbocycles. The molecule has 3 aromatic heterocycles. The summed E-state index contributed by atoms with van der Waals surface area (Å²) in [5.41, 5.74) is 5.74. The van der Waals surface area contributed by atoms with Crippen molar-refractivity contribution in [1.29, 1.82) is 0 Å². The van der Waals surface area contributed by atoms with Crippen LogP contribution in [0.2, 0.25) is 5.28 Å². The molecule has 204 valence electrons. The Bertz CT molecular complexity index is 1960. The van der Waals surface area contributed by atoms with Crippen LogP contribution in [0, 0.1) is 0 Å². The number of aromatic nitrogens is 7. The maximum absolute atomic E-state index is 6.43. The molecule has 7 aromatic rings. The average Bonchev–Trinajstić information content (AvgIpc) is 3.09. The van der Waals surface area contributed by atoms with Gasteiger partial charge in [0.2, 0.25) is 5.28 Å². The molecule has 0 atom stereocenters. The van der Waals surface area contributed by atoms with Crippen LogP contribution in [0.4, 0.5) is 0 Å². The molecule has 0 unspecified atom stereocenters. The van der Waals surface area contributed by atoms with Crippen molar-refractivity contribution in [1.82, 2.24) is 34.9 Å². The fraction of sp³-hybridized carbons (Fsp3) is 0. The summed E-state index contributed by atoms with van der Waals surface area (Å²) in [4.78, 5) is 33.0. The van der Waals surface area contributed by atoms with E-state index in [1.54, 1.807) is 6.20 Å². The second kappa shape index (κ2) is 11.7. The molecule has 0 N–H and O–H groups in total. The van der Waals surface area contributed by atoms with E-state index >= 15 is 0 Å². The van der Waals surface area contributed by atoms with E-state index < -0.39 is 0 Å². The highest BCUT2D eigenvalue weighted by Gasteiger charge is 2.17. The van der Waals surface area contributed by atoms with Crippen molar-refractivity contribution in [3.05, 3.63) is 139 Å². The molecule has 0 saturated heterocycles. The van der Waals surface area contributed by atoms with Gasteiger partial charge in [-0.3, -0.25) is 4.98 Å². The molecule has 0 saturated carbocycles. The molecule has 0 aliphatic rings. The van der Waals surface area contributed by atoms with Gasteiger partial charge in [0.25, 0.3) is 0 Å². The third-order valence-corrected chi connectivity index (χ3v) is 6.92. The predicted molar refractivity (Wildman–Crippen MR) is 169 cm³/mol. The minimum atomic E-state index is 0.103. The Morgan fingerprint density at radius 2 is 0.721 bits per heavy atom. The summed E-state index contributed by atoms with van der Waals surface area (Å²) in [6.07, 6.45) is 1.76. The van der Waals surface area contributed by atoms with E-state index in [0.29, 0.717) is 29.1 Å². The zero-order valence-electron chi connectivity index (χ0n) is 22.7. The van der Waals surface area contributed by atoms with Gasteiger partial charge in [0.05, 0.1) is 5.69 Å². The minimum absolute atomic E-state index is 0.103. The third kappa shape index (κ3) is 5.75. The molecular weight excluding hydrogens is 554 g/mol. The van der Waals surface area contributed by atoms with Gasteiger partial charge < -0.3 is 0 Å². The number of pyridine rings is 1. The zero-order chi connectivity index (χ0) is 29.0. The number of hydrogen-bond donors (Lipinski definition) is 0. The average molecular weight is 576 g/mol. The van der Waals surface area contributed by atoms with Gasteiger partial charge in [0, 0.05) is 39.6 Å². The van der Waals surface area contributed by atoms with E-state index in [9.17, 15) is 0 Å². The van der Waals surface area contributed by atoms with Crippen molar-refractivity contribution in [2.24, 2.45) is 0 Å². The van der Waals surface area contributed by atoms with Crippen molar-refractivity contribution in [3.8, 4) is 68.2 Å². The van der Waals surface area contributed by atoms with Gasteiger partial charge >= 0.3 is 0 Å². The topological polar surface area (TPSA) is 90.2 Å². The van der Waals surface area contributed by atoms with E-state index in [-0.39, 0.29) is 5.28 Å². The summed E-state index contributed by atoms with van der Waals surface area (Å²) in [6.45, 7) is 0. The first-order valence-corrected chi connectivity index (χ1v) is 14.0. The quantitative estimate of drug-likeness (QED) is 0.198. The predicted octanol–water partition coefficient (Wildman–Crippen LogP) is 8.11. The highest BCUT2D eigenvalue weighted by Crippen LogP contribution is 2.32. The fourth-order valence-corrected chi connectivity index (χ4v) is 4.86. The van der Waals surface area contributed by atoms with Gasteiger partial charge in [0.15, 0.2) is 29.1 Å². The Hall–Kier alpha value is -5.66. The van der Waals surface area contributed by atoms with Crippen LogP contribution >= 0.6 is 11.6 Å². The maximum atomic E-state index is 6.43. The first kappa shape index (κ1) is 26.3. The van der Waals surface area contributed by atoms with Crippen molar-refractivity contribution in [2.45, 2.75) is 0 Å². The second-order valence-electron chi connectivity index (χ2n) is 9.67. The summed E-state index contributed by atoms with van der Waals surface area (Å²) in [7, 11) is 0. The van der Waals surface area contributed by atoms with Gasteiger partial charge in [-0.15, -0.1) is 0 Å². The van der Waals surface area contributed by atoms with Crippen LogP contribution in [0.1, 0.15) is 0 Å². The number of halogens is 1. The molecule has 43 heavy (non-hydrogen) atoms. The van der Waals surface area contributed by atoms with Crippen molar-refractivity contribution >= 4 is 11.6 Å². The number of nitrogens with zero attached hydrogens (tertiary/aromatic N) is 7. The Balaban J connectivity index is 1.45. The monoisotopic (exact) mass is 575 g/mol. The lowest BCUT2D eigenvalue weighted by atomic mass is 10.0. The van der Waals surface area contributed by atoms with Crippen molar-refractivity contribution in [2.75, 3.05) is 0 Å². The summed E-state index contributed by atoms with van der Waals surface area (Å²) in [5, 5.41) is 0.103. The molecule has 0 aliphatic heterocycles. The summed E-state index contributed by atoms with van der Waals surface area (Å²) < 4.78 is 0. The molecule has 3 heterocycles. The highest BCUT2D eigenvalue weighted by molar-refractivity contribution is 6.28. The molecular formula is C35H22ClN7. The number of rotatable bonds is 6. The molecule has 0 fully saturated rings. The summed E-state index contributed by atoms with van der Waals surface area (Å²) >= 11 is 6.43. The third-order valence-electron chi connectivity index (χ3n) is 6.75. The maximum Gasteiger partial charge on any atom is 0.226 e. The normalized spacial score (nSPS) is 10.9. The molecule has 0 spiro atoms. The molecule has 8 heteroatoms. The molecule has 7 rings (SSSR count). The van der Waals surface area contributed by atoms with Crippen LogP contribution in [-0.2, 0) is 0 Å². The first-order valence-electron chi connectivity index (χ1n) is 13.6. The van der Waals surface area contributed by atoms with Gasteiger partial charge in [0.1, 0.15) is 0 Å². The molecule has 0 radical (unpaired) electrons. The van der Waals surface area contributed by atoms with E-state index in [2.05, 4.69) is 15.0 Å². The minimum Gasteiger partial charge on any atom is -0.256 e. The largest absolute Gasteiger partial charge is 0.256 e. The Morgan fingerprint density at radius 1 is 0.349 bits per heavy atom. The van der Waals surface area contributed by atoms with E-state index in [0.717, 1.165) is 39.1 Å². The van der Waals surface area contributed by atoms with E-state index in [1.807, 2.05) is 127 Å².